The number of hydrogen-bond donors (Lipinski definition) is 1. The van der Waals surface area contributed by atoms with Crippen LogP contribution < -0.4 is 5.73 Å². The summed E-state index contributed by atoms with van der Waals surface area (Å²) in [5, 5.41) is 8.67. The van der Waals surface area contributed by atoms with E-state index in [-0.39, 0.29) is 0 Å². The summed E-state index contributed by atoms with van der Waals surface area (Å²) >= 11 is 0. The molecule has 0 amide bonds. The van der Waals surface area contributed by atoms with Gasteiger partial charge in [-0.05, 0) is 12.1 Å². The van der Waals surface area contributed by atoms with Crippen molar-refractivity contribution >= 4 is 5.82 Å². The molecule has 0 unspecified atom stereocenters. The lowest BCUT2D eigenvalue weighted by Gasteiger charge is -1.97. The summed E-state index contributed by atoms with van der Waals surface area (Å²) < 4.78 is 0. The quantitative estimate of drug-likeness (QED) is 0.743. The molecular weight excluding hydrogens is 224 g/mol. The van der Waals surface area contributed by atoms with Crippen molar-refractivity contribution in [2.75, 3.05) is 5.73 Å². The normalized spacial score (nSPS) is 10.4. The molecule has 3 rings (SSSR count). The monoisotopic (exact) mass is 236 g/mol. The van der Waals surface area contributed by atoms with Crippen molar-refractivity contribution in [1.82, 2.24) is 15.0 Å². The van der Waals surface area contributed by atoms with Gasteiger partial charge in [0.25, 0.3) is 0 Å². The zero-order valence-corrected chi connectivity index (χ0v) is 9.69. The fourth-order valence-corrected chi connectivity index (χ4v) is 1.80. The minimum Gasteiger partial charge on any atom is -0.380 e. The van der Waals surface area contributed by atoms with Gasteiger partial charge in [-0.1, -0.05) is 48.5 Å². The van der Waals surface area contributed by atoms with Crippen LogP contribution in [0.1, 0.15) is 0 Å². The number of nitrogen functional groups attached to an aromatic ring is 1. The summed E-state index contributed by atoms with van der Waals surface area (Å²) in [4.78, 5) is 1.55. The highest BCUT2D eigenvalue weighted by Gasteiger charge is 2.10. The average molecular weight is 236 g/mol. The van der Waals surface area contributed by atoms with E-state index in [1.165, 1.54) is 0 Å². The van der Waals surface area contributed by atoms with E-state index in [0.29, 0.717) is 11.5 Å². The number of rotatable bonds is 2. The Labute approximate surface area is 105 Å². The Morgan fingerprint density at radius 2 is 1.39 bits per heavy atom. The zero-order chi connectivity index (χ0) is 12.4. The molecule has 3 aromatic rings. The third kappa shape index (κ3) is 1.84. The number of hydrogen-bond acceptors (Lipinski definition) is 3. The zero-order valence-electron chi connectivity index (χ0n) is 9.69. The number of anilines is 1. The van der Waals surface area contributed by atoms with E-state index < -0.39 is 0 Å². The fourth-order valence-electron chi connectivity index (χ4n) is 1.80. The molecule has 0 aliphatic carbocycles. The van der Waals surface area contributed by atoms with Gasteiger partial charge in [0.2, 0.25) is 0 Å². The number of nitrogens with zero attached hydrogens (tertiary/aromatic N) is 3. The van der Waals surface area contributed by atoms with Crippen LogP contribution in [0.4, 0.5) is 5.82 Å². The maximum absolute atomic E-state index is 5.92. The predicted molar refractivity (Wildman–Crippen MR) is 71.2 cm³/mol. The molecule has 0 aliphatic rings. The lowest BCUT2D eigenvalue weighted by molar-refractivity contribution is 0.756. The summed E-state index contributed by atoms with van der Waals surface area (Å²) in [5.41, 5.74) is 8.49. The van der Waals surface area contributed by atoms with E-state index in [1.807, 2.05) is 60.7 Å². The van der Waals surface area contributed by atoms with Gasteiger partial charge >= 0.3 is 0 Å². The van der Waals surface area contributed by atoms with Crippen molar-refractivity contribution in [2.24, 2.45) is 0 Å². The minimum absolute atomic E-state index is 0.435. The standard InChI is InChI=1S/C14H12N4/c15-14-13(11-7-3-1-4-8-11)16-18(17-14)12-9-5-2-6-10-12/h1-10H,(H2,15,17). The number of benzene rings is 2. The Bertz CT molecular complexity index is 644. The molecule has 4 nitrogen and oxygen atoms in total. The van der Waals surface area contributed by atoms with Crippen LogP contribution in [-0.2, 0) is 0 Å². The summed E-state index contributed by atoms with van der Waals surface area (Å²) in [6.07, 6.45) is 0. The van der Waals surface area contributed by atoms with E-state index in [1.54, 1.807) is 4.80 Å². The Balaban J connectivity index is 2.07. The predicted octanol–water partition coefficient (Wildman–Crippen LogP) is 2.52. The third-order valence-corrected chi connectivity index (χ3v) is 2.67. The maximum Gasteiger partial charge on any atom is 0.174 e. The molecule has 0 aliphatic heterocycles. The number of aromatic nitrogens is 3. The van der Waals surface area contributed by atoms with Gasteiger partial charge in [-0.15, -0.1) is 15.0 Å². The van der Waals surface area contributed by atoms with Crippen LogP contribution in [0.3, 0.4) is 0 Å². The second-order valence-electron chi connectivity index (χ2n) is 3.92. The van der Waals surface area contributed by atoms with Gasteiger partial charge in [-0.25, -0.2) is 0 Å². The van der Waals surface area contributed by atoms with E-state index in [2.05, 4.69) is 10.2 Å². The van der Waals surface area contributed by atoms with Gasteiger partial charge in [-0.3, -0.25) is 0 Å². The van der Waals surface area contributed by atoms with Crippen LogP contribution in [0.5, 0.6) is 0 Å². The van der Waals surface area contributed by atoms with Crippen molar-refractivity contribution in [3.8, 4) is 16.9 Å². The third-order valence-electron chi connectivity index (χ3n) is 2.67. The van der Waals surface area contributed by atoms with Gasteiger partial charge in [-0.2, -0.15) is 0 Å². The first-order chi connectivity index (χ1) is 8.84. The van der Waals surface area contributed by atoms with Crippen molar-refractivity contribution < 1.29 is 0 Å². The van der Waals surface area contributed by atoms with E-state index in [0.717, 1.165) is 11.3 Å². The molecule has 2 aromatic carbocycles. The molecular formula is C14H12N4. The van der Waals surface area contributed by atoms with Crippen LogP contribution in [0.15, 0.2) is 60.7 Å². The smallest absolute Gasteiger partial charge is 0.174 e. The molecule has 0 saturated heterocycles. The van der Waals surface area contributed by atoms with Crippen LogP contribution in [0.2, 0.25) is 0 Å². The Hall–Kier alpha value is -2.62. The Morgan fingerprint density at radius 1 is 0.778 bits per heavy atom. The van der Waals surface area contributed by atoms with Gasteiger partial charge in [0, 0.05) is 5.56 Å². The largest absolute Gasteiger partial charge is 0.380 e. The topological polar surface area (TPSA) is 56.7 Å². The first-order valence-corrected chi connectivity index (χ1v) is 5.68. The number of nitrogens with two attached hydrogens (primary N) is 1. The Kier molecular flexibility index (Phi) is 2.53. The average Bonchev–Trinajstić information content (AvgIpc) is 2.83. The molecule has 88 valence electrons. The molecule has 0 radical (unpaired) electrons. The Morgan fingerprint density at radius 3 is 2.06 bits per heavy atom. The summed E-state index contributed by atoms with van der Waals surface area (Å²) in [5.74, 6) is 0.435. The van der Waals surface area contributed by atoms with Crippen LogP contribution in [0.25, 0.3) is 16.9 Å². The molecule has 0 fully saturated rings. The molecule has 2 N–H and O–H groups in total. The van der Waals surface area contributed by atoms with E-state index >= 15 is 0 Å². The molecule has 0 atom stereocenters. The van der Waals surface area contributed by atoms with Crippen LogP contribution >= 0.6 is 0 Å². The highest BCUT2D eigenvalue weighted by molar-refractivity contribution is 5.69. The van der Waals surface area contributed by atoms with Crippen LogP contribution in [0, 0.1) is 0 Å². The summed E-state index contributed by atoms with van der Waals surface area (Å²) in [6.45, 7) is 0. The molecule has 0 spiro atoms. The second kappa shape index (κ2) is 4.33. The second-order valence-corrected chi connectivity index (χ2v) is 3.92. The van der Waals surface area contributed by atoms with Gasteiger partial charge in [0.05, 0.1) is 5.69 Å². The van der Waals surface area contributed by atoms with Gasteiger partial charge in [0.15, 0.2) is 5.82 Å². The van der Waals surface area contributed by atoms with Crippen molar-refractivity contribution in [1.29, 1.82) is 0 Å². The lowest BCUT2D eigenvalue weighted by Crippen LogP contribution is -1.98. The first-order valence-electron chi connectivity index (χ1n) is 5.68. The SMILES string of the molecule is Nc1nn(-c2ccccc2)nc1-c1ccccc1. The van der Waals surface area contributed by atoms with Crippen molar-refractivity contribution in [3.05, 3.63) is 60.7 Å². The summed E-state index contributed by atoms with van der Waals surface area (Å²) in [7, 11) is 0. The van der Waals surface area contributed by atoms with Crippen LogP contribution in [-0.4, -0.2) is 15.0 Å². The highest BCUT2D eigenvalue weighted by Crippen LogP contribution is 2.22. The maximum atomic E-state index is 5.92. The van der Waals surface area contributed by atoms with Crippen molar-refractivity contribution in [2.45, 2.75) is 0 Å². The fraction of sp³-hybridized carbons (Fsp3) is 0. The molecule has 1 aromatic heterocycles. The highest BCUT2D eigenvalue weighted by atomic mass is 15.5. The van der Waals surface area contributed by atoms with Crippen molar-refractivity contribution in [3.63, 3.8) is 0 Å². The van der Waals surface area contributed by atoms with E-state index in [4.69, 9.17) is 5.73 Å². The van der Waals surface area contributed by atoms with E-state index in [9.17, 15) is 0 Å². The molecule has 4 heteroatoms. The first kappa shape index (κ1) is 10.5. The summed E-state index contributed by atoms with van der Waals surface area (Å²) in [6, 6.07) is 19.5. The van der Waals surface area contributed by atoms with Gasteiger partial charge < -0.3 is 5.73 Å². The van der Waals surface area contributed by atoms with Gasteiger partial charge in [0.1, 0.15) is 5.69 Å². The molecule has 0 saturated carbocycles. The molecule has 0 bridgehead atoms. The minimum atomic E-state index is 0.435. The molecule has 1 heterocycles. The molecule has 18 heavy (non-hydrogen) atoms. The number of para-hydroxylation sites is 1. The lowest BCUT2D eigenvalue weighted by atomic mass is 10.2.